The fourth-order valence-corrected chi connectivity index (χ4v) is 5.26. The van der Waals surface area contributed by atoms with Gasteiger partial charge in [0.1, 0.15) is 0 Å². The zero-order valence-electron chi connectivity index (χ0n) is 13.5. The van der Waals surface area contributed by atoms with E-state index in [4.69, 9.17) is 0 Å². The molecule has 0 unspecified atom stereocenters. The number of hydrogen-bond acceptors (Lipinski definition) is 5. The molecule has 1 N–H and O–H groups in total. The first-order valence-corrected chi connectivity index (χ1v) is 11.0. The molecule has 3 rings (SSSR count). The van der Waals surface area contributed by atoms with Gasteiger partial charge in [0.25, 0.3) is 0 Å². The van der Waals surface area contributed by atoms with Crippen molar-refractivity contribution in [1.29, 1.82) is 0 Å². The largest absolute Gasteiger partial charge is 0.270 e. The van der Waals surface area contributed by atoms with Gasteiger partial charge in [0, 0.05) is 12.7 Å². The standard InChI is InChI=1S/C16H19N3O4S2/c20-24(21)12-4-3-11-19(24)15-6-8-16(9-7-15)25(22,23)18-13-14-5-1-2-10-17-14/h1-2,5-10,18H,3-4,11-13H2. The number of nitrogens with one attached hydrogen (secondary N) is 1. The van der Waals surface area contributed by atoms with E-state index < -0.39 is 20.0 Å². The Balaban J connectivity index is 1.75. The van der Waals surface area contributed by atoms with Crippen LogP contribution in [0.2, 0.25) is 0 Å². The summed E-state index contributed by atoms with van der Waals surface area (Å²) in [4.78, 5) is 4.15. The molecule has 1 aromatic heterocycles. The zero-order valence-corrected chi connectivity index (χ0v) is 15.1. The van der Waals surface area contributed by atoms with Crippen LogP contribution in [-0.2, 0) is 26.6 Å². The minimum atomic E-state index is -3.69. The molecule has 9 heteroatoms. The molecule has 1 aliphatic rings. The lowest BCUT2D eigenvalue weighted by atomic mass is 10.3. The van der Waals surface area contributed by atoms with E-state index in [9.17, 15) is 16.8 Å². The Kier molecular flexibility index (Phi) is 5.07. The average Bonchev–Trinajstić information content (AvgIpc) is 2.61. The topological polar surface area (TPSA) is 96.4 Å². The molecule has 0 radical (unpaired) electrons. The summed E-state index contributed by atoms with van der Waals surface area (Å²) in [5, 5.41) is 0. The third-order valence-electron chi connectivity index (χ3n) is 3.95. The number of sulfonamides is 2. The Morgan fingerprint density at radius 2 is 1.84 bits per heavy atom. The minimum absolute atomic E-state index is 0.0848. The van der Waals surface area contributed by atoms with Crippen LogP contribution in [0.25, 0.3) is 0 Å². The van der Waals surface area contributed by atoms with Crippen molar-refractivity contribution in [2.45, 2.75) is 24.3 Å². The molecule has 2 heterocycles. The van der Waals surface area contributed by atoms with E-state index in [-0.39, 0.29) is 17.2 Å². The molecule has 0 atom stereocenters. The molecule has 1 aromatic carbocycles. The lowest BCUT2D eigenvalue weighted by molar-refractivity contribution is 0.574. The summed E-state index contributed by atoms with van der Waals surface area (Å²) < 4.78 is 52.7. The number of benzene rings is 1. The molecule has 1 saturated heterocycles. The molecule has 134 valence electrons. The van der Waals surface area contributed by atoms with Crippen LogP contribution in [0.4, 0.5) is 5.69 Å². The molecular weight excluding hydrogens is 362 g/mol. The number of nitrogens with zero attached hydrogens (tertiary/aromatic N) is 2. The molecule has 1 fully saturated rings. The number of aromatic nitrogens is 1. The minimum Gasteiger partial charge on any atom is -0.270 e. The van der Waals surface area contributed by atoms with E-state index in [1.54, 1.807) is 24.4 Å². The van der Waals surface area contributed by atoms with Crippen LogP contribution in [0.1, 0.15) is 18.5 Å². The third-order valence-corrected chi connectivity index (χ3v) is 7.24. The SMILES string of the molecule is O=S(=O)(NCc1ccccn1)c1ccc(N2CCCCS2(=O)=O)cc1. The van der Waals surface area contributed by atoms with Crippen LogP contribution in [0.15, 0.2) is 53.6 Å². The fraction of sp³-hybridized carbons (Fsp3) is 0.312. The second-order valence-electron chi connectivity index (χ2n) is 5.73. The summed E-state index contributed by atoms with van der Waals surface area (Å²) in [6, 6.07) is 11.2. The Morgan fingerprint density at radius 3 is 2.48 bits per heavy atom. The van der Waals surface area contributed by atoms with Gasteiger partial charge in [0.15, 0.2) is 0 Å². The quantitative estimate of drug-likeness (QED) is 0.846. The van der Waals surface area contributed by atoms with Crippen molar-refractivity contribution >= 4 is 25.7 Å². The maximum absolute atomic E-state index is 12.3. The van der Waals surface area contributed by atoms with Gasteiger partial charge in [-0.3, -0.25) is 9.29 Å². The summed E-state index contributed by atoms with van der Waals surface area (Å²) in [5.41, 5.74) is 1.10. The van der Waals surface area contributed by atoms with Crippen molar-refractivity contribution in [1.82, 2.24) is 9.71 Å². The highest BCUT2D eigenvalue weighted by Crippen LogP contribution is 2.24. The van der Waals surface area contributed by atoms with Crippen LogP contribution >= 0.6 is 0 Å². The molecule has 0 amide bonds. The number of anilines is 1. The third kappa shape index (κ3) is 4.17. The van der Waals surface area contributed by atoms with Crippen molar-refractivity contribution in [2.24, 2.45) is 0 Å². The van der Waals surface area contributed by atoms with Gasteiger partial charge in [-0.25, -0.2) is 21.6 Å². The molecule has 2 aromatic rings. The van der Waals surface area contributed by atoms with Crippen molar-refractivity contribution in [3.05, 3.63) is 54.4 Å². The van der Waals surface area contributed by atoms with E-state index in [1.807, 2.05) is 0 Å². The first-order valence-electron chi connectivity index (χ1n) is 7.88. The first-order chi connectivity index (χ1) is 11.9. The van der Waals surface area contributed by atoms with Gasteiger partial charge in [-0.2, -0.15) is 0 Å². The van der Waals surface area contributed by atoms with Gasteiger partial charge in [-0.1, -0.05) is 6.07 Å². The predicted octanol–water partition coefficient (Wildman–Crippen LogP) is 1.49. The van der Waals surface area contributed by atoms with Crippen molar-refractivity contribution in [3.63, 3.8) is 0 Å². The zero-order chi connectivity index (χ0) is 17.9. The average molecular weight is 381 g/mol. The van der Waals surface area contributed by atoms with Crippen molar-refractivity contribution in [3.8, 4) is 0 Å². The Bertz CT molecular complexity index is 927. The summed E-state index contributed by atoms with van der Waals surface area (Å²) >= 11 is 0. The first kappa shape index (κ1) is 17.8. The number of hydrogen-bond donors (Lipinski definition) is 1. The summed E-state index contributed by atoms with van der Waals surface area (Å²) in [5.74, 6) is 0.124. The maximum atomic E-state index is 12.3. The predicted molar refractivity (Wildman–Crippen MR) is 95.1 cm³/mol. The fourth-order valence-electron chi connectivity index (χ4n) is 2.63. The van der Waals surface area contributed by atoms with E-state index >= 15 is 0 Å². The van der Waals surface area contributed by atoms with Gasteiger partial charge in [-0.15, -0.1) is 0 Å². The lowest BCUT2D eigenvalue weighted by Crippen LogP contribution is -2.37. The molecule has 0 saturated carbocycles. The summed E-state index contributed by atoms with van der Waals surface area (Å²) in [6.45, 7) is 0.512. The van der Waals surface area contributed by atoms with Crippen LogP contribution in [0.3, 0.4) is 0 Å². The van der Waals surface area contributed by atoms with Crippen molar-refractivity contribution < 1.29 is 16.8 Å². The van der Waals surface area contributed by atoms with E-state index in [0.29, 0.717) is 24.3 Å². The molecule has 0 bridgehead atoms. The highest BCUT2D eigenvalue weighted by molar-refractivity contribution is 7.92. The second kappa shape index (κ2) is 7.11. The second-order valence-corrected chi connectivity index (χ2v) is 9.51. The Labute approximate surface area is 147 Å². The van der Waals surface area contributed by atoms with Gasteiger partial charge in [-0.05, 0) is 49.2 Å². The van der Waals surface area contributed by atoms with Crippen LogP contribution in [0.5, 0.6) is 0 Å². The smallest absolute Gasteiger partial charge is 0.240 e. The summed E-state index contributed by atoms with van der Waals surface area (Å²) in [7, 11) is -7.00. The Morgan fingerprint density at radius 1 is 1.08 bits per heavy atom. The molecular formula is C16H19N3O4S2. The van der Waals surface area contributed by atoms with E-state index in [2.05, 4.69) is 9.71 Å². The Hall–Kier alpha value is -1.97. The van der Waals surface area contributed by atoms with Gasteiger partial charge in [0.05, 0.1) is 28.6 Å². The number of rotatable bonds is 5. The highest BCUT2D eigenvalue weighted by atomic mass is 32.2. The van der Waals surface area contributed by atoms with Crippen LogP contribution in [0, 0.1) is 0 Å². The molecule has 25 heavy (non-hydrogen) atoms. The van der Waals surface area contributed by atoms with Crippen LogP contribution in [-0.4, -0.2) is 34.1 Å². The van der Waals surface area contributed by atoms with Gasteiger partial charge < -0.3 is 0 Å². The molecule has 0 spiro atoms. The lowest BCUT2D eigenvalue weighted by Gasteiger charge is -2.28. The van der Waals surface area contributed by atoms with Gasteiger partial charge in [0.2, 0.25) is 20.0 Å². The molecule has 0 aliphatic carbocycles. The van der Waals surface area contributed by atoms with Crippen LogP contribution < -0.4 is 9.03 Å². The van der Waals surface area contributed by atoms with E-state index in [1.165, 1.54) is 28.6 Å². The van der Waals surface area contributed by atoms with E-state index in [0.717, 1.165) is 6.42 Å². The van der Waals surface area contributed by atoms with Crippen molar-refractivity contribution in [2.75, 3.05) is 16.6 Å². The van der Waals surface area contributed by atoms with Gasteiger partial charge >= 0.3 is 0 Å². The summed E-state index contributed by atoms with van der Waals surface area (Å²) in [6.07, 6.45) is 3.05. The highest BCUT2D eigenvalue weighted by Gasteiger charge is 2.26. The monoisotopic (exact) mass is 381 g/mol. The number of pyridine rings is 1. The molecule has 7 nitrogen and oxygen atoms in total. The normalized spacial score (nSPS) is 17.4. The maximum Gasteiger partial charge on any atom is 0.240 e. The molecule has 1 aliphatic heterocycles.